The van der Waals surface area contributed by atoms with Gasteiger partial charge in [0.1, 0.15) is 5.69 Å². The minimum absolute atomic E-state index is 0.454. The summed E-state index contributed by atoms with van der Waals surface area (Å²) in [5.74, 6) is 0. The van der Waals surface area contributed by atoms with E-state index in [1.165, 1.54) is 0 Å². The van der Waals surface area contributed by atoms with Crippen LogP contribution in [0.1, 0.15) is 16.2 Å². The minimum atomic E-state index is 0.454. The summed E-state index contributed by atoms with van der Waals surface area (Å²) in [6.45, 7) is 1.91. The zero-order valence-corrected chi connectivity index (χ0v) is 10.3. The van der Waals surface area contributed by atoms with Crippen LogP contribution in [0, 0.1) is 6.92 Å². The van der Waals surface area contributed by atoms with Crippen LogP contribution in [-0.4, -0.2) is 15.8 Å². The van der Waals surface area contributed by atoms with Gasteiger partial charge in [0.2, 0.25) is 0 Å². The molecule has 2 heterocycles. The molecule has 0 aliphatic rings. The summed E-state index contributed by atoms with van der Waals surface area (Å²) in [6, 6.07) is 7.62. The maximum Gasteiger partial charge on any atom is 0.168 e. The largest absolute Gasteiger partial charge is 0.399 e. The summed E-state index contributed by atoms with van der Waals surface area (Å²) in [7, 11) is 2.00. The van der Waals surface area contributed by atoms with Crippen LogP contribution in [0.25, 0.3) is 21.8 Å². The molecule has 0 fully saturated rings. The first-order valence-electron chi connectivity index (χ1n) is 5.72. The third kappa shape index (κ3) is 1.32. The molecule has 4 heteroatoms. The number of rotatable bonds is 1. The van der Waals surface area contributed by atoms with Crippen molar-refractivity contribution in [3.05, 3.63) is 35.7 Å². The first-order valence-corrected chi connectivity index (χ1v) is 5.72. The second-order valence-corrected chi connectivity index (χ2v) is 4.48. The van der Waals surface area contributed by atoms with Crippen LogP contribution < -0.4 is 5.73 Å². The van der Waals surface area contributed by atoms with Gasteiger partial charge in [0.05, 0.1) is 11.2 Å². The summed E-state index contributed by atoms with van der Waals surface area (Å²) < 4.78 is 2.08. The maximum atomic E-state index is 10.9. The van der Waals surface area contributed by atoms with Crippen molar-refractivity contribution < 1.29 is 4.79 Å². The number of aryl methyl sites for hydroxylation is 2. The highest BCUT2D eigenvalue weighted by atomic mass is 16.1. The van der Waals surface area contributed by atoms with Crippen molar-refractivity contribution in [1.82, 2.24) is 9.55 Å². The van der Waals surface area contributed by atoms with E-state index in [0.717, 1.165) is 39.5 Å². The number of hydrogen-bond acceptors (Lipinski definition) is 3. The van der Waals surface area contributed by atoms with Crippen LogP contribution in [0.4, 0.5) is 5.69 Å². The predicted octanol–water partition coefficient (Wildman–Crippen LogP) is 2.43. The second kappa shape index (κ2) is 3.57. The van der Waals surface area contributed by atoms with E-state index in [0.29, 0.717) is 5.69 Å². The van der Waals surface area contributed by atoms with Crippen LogP contribution in [0.5, 0.6) is 0 Å². The number of pyridine rings is 1. The number of anilines is 1. The van der Waals surface area contributed by atoms with Crippen molar-refractivity contribution in [3.8, 4) is 0 Å². The van der Waals surface area contributed by atoms with Gasteiger partial charge in [-0.15, -0.1) is 0 Å². The molecule has 90 valence electrons. The molecule has 3 rings (SSSR count). The molecule has 0 atom stereocenters. The molecule has 0 spiro atoms. The number of carbonyl (C=O) groups is 1. The molecule has 1 aromatic carbocycles. The maximum absolute atomic E-state index is 10.9. The monoisotopic (exact) mass is 239 g/mol. The molecular weight excluding hydrogens is 226 g/mol. The van der Waals surface area contributed by atoms with Crippen molar-refractivity contribution in [2.24, 2.45) is 7.05 Å². The van der Waals surface area contributed by atoms with Crippen LogP contribution in [0.3, 0.4) is 0 Å². The van der Waals surface area contributed by atoms with Gasteiger partial charge in [-0.05, 0) is 31.2 Å². The molecule has 2 aromatic heterocycles. The quantitative estimate of drug-likeness (QED) is 0.524. The number of nitrogen functional groups attached to an aromatic ring is 1. The van der Waals surface area contributed by atoms with E-state index < -0.39 is 0 Å². The Balaban J connectivity index is 2.60. The predicted molar refractivity (Wildman–Crippen MR) is 72.8 cm³/mol. The first-order chi connectivity index (χ1) is 8.61. The first kappa shape index (κ1) is 10.8. The Morgan fingerprint density at radius 2 is 2.06 bits per heavy atom. The third-order valence-corrected chi connectivity index (χ3v) is 3.32. The summed E-state index contributed by atoms with van der Waals surface area (Å²) >= 11 is 0. The van der Waals surface area contributed by atoms with Crippen LogP contribution in [0.15, 0.2) is 24.3 Å². The number of nitrogens with two attached hydrogens (primary N) is 1. The van der Waals surface area contributed by atoms with E-state index in [1.807, 2.05) is 38.2 Å². The molecule has 18 heavy (non-hydrogen) atoms. The smallest absolute Gasteiger partial charge is 0.168 e. The van der Waals surface area contributed by atoms with Crippen LogP contribution >= 0.6 is 0 Å². The fraction of sp³-hybridized carbons (Fsp3) is 0.143. The number of carbonyl (C=O) groups excluding carboxylic acids is 1. The number of aromatic nitrogens is 2. The molecule has 0 radical (unpaired) electrons. The van der Waals surface area contributed by atoms with Gasteiger partial charge in [0.15, 0.2) is 6.29 Å². The van der Waals surface area contributed by atoms with Gasteiger partial charge < -0.3 is 10.3 Å². The molecule has 0 aliphatic heterocycles. The van der Waals surface area contributed by atoms with Gasteiger partial charge in [-0.3, -0.25) is 4.79 Å². The standard InChI is InChI=1S/C14H13N3O/c1-8-14-12(6-10(7-18)16-8)11-5-9(15)3-4-13(11)17(14)2/h3-7H,15H2,1-2H3. The highest BCUT2D eigenvalue weighted by Gasteiger charge is 2.12. The average molecular weight is 239 g/mol. The summed E-state index contributed by atoms with van der Waals surface area (Å²) in [5, 5.41) is 2.08. The van der Waals surface area contributed by atoms with Gasteiger partial charge in [-0.2, -0.15) is 0 Å². The Morgan fingerprint density at radius 3 is 2.78 bits per heavy atom. The lowest BCUT2D eigenvalue weighted by molar-refractivity contribution is 0.111. The number of benzene rings is 1. The number of aldehydes is 1. The molecule has 0 saturated heterocycles. The van der Waals surface area contributed by atoms with Gasteiger partial charge in [-0.1, -0.05) is 0 Å². The highest BCUT2D eigenvalue weighted by Crippen LogP contribution is 2.31. The molecule has 2 N–H and O–H groups in total. The number of fused-ring (bicyclic) bond motifs is 3. The Hall–Kier alpha value is -2.36. The van der Waals surface area contributed by atoms with E-state index in [-0.39, 0.29) is 0 Å². The molecule has 0 bridgehead atoms. The second-order valence-electron chi connectivity index (χ2n) is 4.48. The highest BCUT2D eigenvalue weighted by molar-refractivity contribution is 6.10. The fourth-order valence-electron chi connectivity index (χ4n) is 2.56. The van der Waals surface area contributed by atoms with Crippen molar-refractivity contribution in [1.29, 1.82) is 0 Å². The average Bonchev–Trinajstić information content (AvgIpc) is 2.63. The zero-order valence-electron chi connectivity index (χ0n) is 10.3. The molecular formula is C14H13N3O. The molecule has 3 aromatic rings. The lowest BCUT2D eigenvalue weighted by Gasteiger charge is -2.01. The van der Waals surface area contributed by atoms with E-state index in [1.54, 1.807) is 0 Å². The normalized spacial score (nSPS) is 11.2. The Kier molecular flexibility index (Phi) is 2.13. The number of hydrogen-bond donors (Lipinski definition) is 1. The van der Waals surface area contributed by atoms with Gasteiger partial charge in [-0.25, -0.2) is 4.98 Å². The third-order valence-electron chi connectivity index (χ3n) is 3.32. The van der Waals surface area contributed by atoms with E-state index in [4.69, 9.17) is 5.73 Å². The zero-order chi connectivity index (χ0) is 12.9. The van der Waals surface area contributed by atoms with E-state index >= 15 is 0 Å². The molecule has 4 nitrogen and oxygen atoms in total. The van der Waals surface area contributed by atoms with Gasteiger partial charge in [0.25, 0.3) is 0 Å². The Morgan fingerprint density at radius 1 is 1.28 bits per heavy atom. The Labute approximate surface area is 104 Å². The number of nitrogens with zero attached hydrogens (tertiary/aromatic N) is 2. The molecule has 0 aliphatic carbocycles. The lowest BCUT2D eigenvalue weighted by atomic mass is 10.1. The molecule has 0 saturated carbocycles. The Bertz CT molecular complexity index is 787. The van der Waals surface area contributed by atoms with Crippen molar-refractivity contribution in [3.63, 3.8) is 0 Å². The summed E-state index contributed by atoms with van der Waals surface area (Å²) in [4.78, 5) is 15.2. The van der Waals surface area contributed by atoms with E-state index in [9.17, 15) is 4.79 Å². The van der Waals surface area contributed by atoms with Gasteiger partial charge in [0, 0.05) is 29.0 Å². The van der Waals surface area contributed by atoms with Crippen molar-refractivity contribution >= 4 is 33.8 Å². The minimum Gasteiger partial charge on any atom is -0.399 e. The van der Waals surface area contributed by atoms with Crippen molar-refractivity contribution in [2.75, 3.05) is 5.73 Å². The lowest BCUT2D eigenvalue weighted by Crippen LogP contribution is -1.94. The fourth-order valence-corrected chi connectivity index (χ4v) is 2.56. The van der Waals surface area contributed by atoms with Crippen molar-refractivity contribution in [2.45, 2.75) is 6.92 Å². The topological polar surface area (TPSA) is 60.9 Å². The SMILES string of the molecule is Cc1nc(C=O)cc2c3cc(N)ccc3n(C)c12. The van der Waals surface area contributed by atoms with E-state index in [2.05, 4.69) is 9.55 Å². The molecule has 0 unspecified atom stereocenters. The molecule has 0 amide bonds. The van der Waals surface area contributed by atoms with Gasteiger partial charge >= 0.3 is 0 Å². The summed E-state index contributed by atoms with van der Waals surface area (Å²) in [5.41, 5.74) is 10.00. The summed E-state index contributed by atoms with van der Waals surface area (Å²) in [6.07, 6.45) is 0.775. The van der Waals surface area contributed by atoms with Crippen LogP contribution in [-0.2, 0) is 7.05 Å². The van der Waals surface area contributed by atoms with Crippen LogP contribution in [0.2, 0.25) is 0 Å².